The monoisotopic (exact) mass is 430 g/mol. The van der Waals surface area contributed by atoms with Gasteiger partial charge in [-0.25, -0.2) is 4.98 Å². The summed E-state index contributed by atoms with van der Waals surface area (Å²) in [6, 6.07) is 2.87. The van der Waals surface area contributed by atoms with Gasteiger partial charge in [-0.05, 0) is 62.6 Å². The second kappa shape index (κ2) is 9.77. The number of rotatable bonds is 11. The summed E-state index contributed by atoms with van der Waals surface area (Å²) in [6.45, 7) is 4.26. The molecule has 3 amide bonds. The van der Waals surface area contributed by atoms with Gasteiger partial charge in [-0.2, -0.15) is 0 Å². The minimum atomic E-state index is -0.562. The van der Waals surface area contributed by atoms with Gasteiger partial charge in [0.05, 0.1) is 6.04 Å². The van der Waals surface area contributed by atoms with Gasteiger partial charge < -0.3 is 15.8 Å². The first-order chi connectivity index (χ1) is 14.9. The van der Waals surface area contributed by atoms with E-state index in [0.29, 0.717) is 12.3 Å². The first kappa shape index (κ1) is 23.2. The van der Waals surface area contributed by atoms with Crippen molar-refractivity contribution in [3.05, 3.63) is 23.9 Å². The molecule has 1 heterocycles. The fourth-order valence-electron chi connectivity index (χ4n) is 5.08. The minimum absolute atomic E-state index is 0.0331. The average Bonchev–Trinajstić information content (AvgIpc) is 2.71. The Bertz CT molecular complexity index is 797. The van der Waals surface area contributed by atoms with Crippen molar-refractivity contribution < 1.29 is 19.1 Å². The summed E-state index contributed by atoms with van der Waals surface area (Å²) < 4.78 is 5.90. The number of pyridine rings is 1. The quantitative estimate of drug-likeness (QED) is 0.521. The predicted molar refractivity (Wildman–Crippen MR) is 116 cm³/mol. The van der Waals surface area contributed by atoms with E-state index in [2.05, 4.69) is 24.1 Å². The summed E-state index contributed by atoms with van der Waals surface area (Å²) in [5, 5.41) is 3.10. The lowest BCUT2D eigenvalue weighted by Crippen LogP contribution is -2.61. The molecule has 2 saturated carbocycles. The van der Waals surface area contributed by atoms with E-state index in [1.807, 2.05) is 0 Å². The molecule has 3 N–H and O–H groups in total. The molecule has 0 radical (unpaired) electrons. The Kier molecular flexibility index (Phi) is 7.30. The lowest BCUT2D eigenvalue weighted by atomic mass is 9.52. The zero-order valence-corrected chi connectivity index (χ0v) is 18.7. The van der Waals surface area contributed by atoms with E-state index >= 15 is 0 Å². The first-order valence-corrected chi connectivity index (χ1v) is 11.2. The highest BCUT2D eigenvalue weighted by Crippen LogP contribution is 2.58. The number of nitrogens with one attached hydrogen (secondary N) is 1. The maximum Gasteiger partial charge on any atom is 0.254 e. The number of imide groups is 1. The molecule has 8 nitrogen and oxygen atoms in total. The molecule has 3 rings (SSSR count). The van der Waals surface area contributed by atoms with Gasteiger partial charge >= 0.3 is 0 Å². The molecule has 1 aromatic heterocycles. The number of hydrogen-bond acceptors (Lipinski definition) is 6. The Hall–Kier alpha value is -2.48. The zero-order chi connectivity index (χ0) is 22.6. The van der Waals surface area contributed by atoms with Crippen molar-refractivity contribution in [1.82, 2.24) is 15.2 Å². The van der Waals surface area contributed by atoms with E-state index in [-0.39, 0.29) is 41.0 Å². The Balaban J connectivity index is 1.53. The summed E-state index contributed by atoms with van der Waals surface area (Å²) >= 11 is 0. The number of hydrogen-bond donors (Lipinski definition) is 2. The molecule has 1 aromatic rings. The fraction of sp³-hybridized carbons (Fsp3) is 0.652. The molecule has 1 atom stereocenters. The van der Waals surface area contributed by atoms with Gasteiger partial charge in [-0.3, -0.25) is 19.3 Å². The minimum Gasteiger partial charge on any atom is -0.474 e. The van der Waals surface area contributed by atoms with E-state index in [1.165, 1.54) is 4.90 Å². The lowest BCUT2D eigenvalue weighted by molar-refractivity contribution is -0.156. The number of nitrogens with zero attached hydrogens (tertiary/aromatic N) is 2. The number of nitrogens with two attached hydrogens (primary N) is 1. The van der Waals surface area contributed by atoms with Crippen LogP contribution in [0, 0.1) is 11.3 Å². The van der Waals surface area contributed by atoms with Crippen LogP contribution in [-0.2, 0) is 9.59 Å². The molecule has 2 aliphatic rings. The topological polar surface area (TPSA) is 115 Å². The van der Waals surface area contributed by atoms with Crippen LogP contribution in [0.25, 0.3) is 0 Å². The standard InChI is InChI=1S/C23H34N4O4/c1-4-15(5-2)9-19(25-3)22(30)27(14-28)16-10-23(11-16)12-17(13-23)31-21-18(20(24)29)7-6-8-26-21/h6-8,14-17,19,25H,4-5,9-13H2,1-3H3,(H2,24,29). The first-order valence-electron chi connectivity index (χ1n) is 11.2. The molecule has 8 heteroatoms. The van der Waals surface area contributed by atoms with E-state index in [0.717, 1.165) is 44.9 Å². The van der Waals surface area contributed by atoms with Crippen LogP contribution in [0.5, 0.6) is 5.88 Å². The van der Waals surface area contributed by atoms with Crippen LogP contribution in [0.15, 0.2) is 18.3 Å². The molecule has 1 unspecified atom stereocenters. The van der Waals surface area contributed by atoms with Crippen LogP contribution in [0.2, 0.25) is 0 Å². The van der Waals surface area contributed by atoms with Gasteiger partial charge in [0.25, 0.3) is 5.91 Å². The number of likely N-dealkylation sites (N-methyl/N-ethyl adjacent to an activating group) is 1. The normalized spacial score (nSPS) is 25.4. The van der Waals surface area contributed by atoms with Crippen LogP contribution >= 0.6 is 0 Å². The molecule has 0 aromatic carbocycles. The van der Waals surface area contributed by atoms with E-state index < -0.39 is 5.91 Å². The van der Waals surface area contributed by atoms with Gasteiger partial charge in [0.15, 0.2) is 0 Å². The highest BCUT2D eigenvalue weighted by atomic mass is 16.5. The van der Waals surface area contributed by atoms with E-state index in [1.54, 1.807) is 25.4 Å². The van der Waals surface area contributed by atoms with Gasteiger partial charge in [-0.1, -0.05) is 26.7 Å². The van der Waals surface area contributed by atoms with Crippen LogP contribution in [0.1, 0.15) is 69.2 Å². The molecule has 0 saturated heterocycles. The summed E-state index contributed by atoms with van der Waals surface area (Å²) in [7, 11) is 1.78. The molecule has 0 aliphatic heterocycles. The Morgan fingerprint density at radius 2 is 2.00 bits per heavy atom. The van der Waals surface area contributed by atoms with Gasteiger partial charge in [0.2, 0.25) is 18.2 Å². The Morgan fingerprint density at radius 3 is 2.55 bits per heavy atom. The number of carbonyl (C=O) groups excluding carboxylic acids is 3. The summed E-state index contributed by atoms with van der Waals surface area (Å²) in [5.74, 6) is 0.0437. The smallest absolute Gasteiger partial charge is 0.254 e. The average molecular weight is 431 g/mol. The van der Waals surface area contributed by atoms with Crippen LogP contribution < -0.4 is 15.8 Å². The van der Waals surface area contributed by atoms with Crippen molar-refractivity contribution >= 4 is 18.2 Å². The molecule has 1 spiro atoms. The summed E-state index contributed by atoms with van der Waals surface area (Å²) in [6.07, 6.45) is 8.24. The van der Waals surface area contributed by atoms with Gasteiger partial charge in [0, 0.05) is 12.2 Å². The fourth-order valence-corrected chi connectivity index (χ4v) is 5.08. The number of amides is 3. The van der Waals surface area contributed by atoms with Crippen molar-refractivity contribution in [2.24, 2.45) is 17.1 Å². The lowest BCUT2D eigenvalue weighted by Gasteiger charge is -2.58. The number of aromatic nitrogens is 1. The second-order valence-corrected chi connectivity index (χ2v) is 9.04. The Morgan fingerprint density at radius 1 is 1.32 bits per heavy atom. The van der Waals surface area contributed by atoms with Gasteiger partial charge in [-0.15, -0.1) is 0 Å². The third kappa shape index (κ3) is 4.89. The number of carbonyl (C=O) groups is 3. The summed E-state index contributed by atoms with van der Waals surface area (Å²) in [5.41, 5.74) is 5.77. The van der Waals surface area contributed by atoms with Crippen LogP contribution in [-0.4, -0.2) is 53.3 Å². The number of ether oxygens (including phenoxy) is 1. The third-order valence-corrected chi connectivity index (χ3v) is 7.11. The number of primary amides is 1. The van der Waals surface area contributed by atoms with Gasteiger partial charge in [0.1, 0.15) is 11.7 Å². The van der Waals surface area contributed by atoms with Crippen molar-refractivity contribution in [3.63, 3.8) is 0 Å². The highest BCUT2D eigenvalue weighted by Gasteiger charge is 2.56. The Labute approximate surface area is 183 Å². The van der Waals surface area contributed by atoms with Crippen LogP contribution in [0.4, 0.5) is 0 Å². The molecule has 2 fully saturated rings. The molecule has 2 aliphatic carbocycles. The SMILES string of the molecule is CCC(CC)CC(NC)C(=O)N(C=O)C1CC2(CC(Oc3ncccc3C(N)=O)C2)C1. The third-order valence-electron chi connectivity index (χ3n) is 7.11. The van der Waals surface area contributed by atoms with E-state index in [4.69, 9.17) is 10.5 Å². The largest absolute Gasteiger partial charge is 0.474 e. The molecule has 170 valence electrons. The van der Waals surface area contributed by atoms with E-state index in [9.17, 15) is 14.4 Å². The van der Waals surface area contributed by atoms with Crippen LogP contribution in [0.3, 0.4) is 0 Å². The zero-order valence-electron chi connectivity index (χ0n) is 18.7. The van der Waals surface area contributed by atoms with Crippen molar-refractivity contribution in [2.45, 2.75) is 77.0 Å². The predicted octanol–water partition coefficient (Wildman–Crippen LogP) is 2.27. The van der Waals surface area contributed by atoms with Crippen molar-refractivity contribution in [2.75, 3.05) is 7.05 Å². The maximum atomic E-state index is 13.0. The summed E-state index contributed by atoms with van der Waals surface area (Å²) in [4.78, 5) is 41.8. The molecule has 0 bridgehead atoms. The second-order valence-electron chi connectivity index (χ2n) is 9.04. The van der Waals surface area contributed by atoms with Crippen molar-refractivity contribution in [1.29, 1.82) is 0 Å². The molecular weight excluding hydrogens is 396 g/mol. The highest BCUT2D eigenvalue weighted by molar-refractivity contribution is 5.95. The molecular formula is C23H34N4O4. The maximum absolute atomic E-state index is 13.0. The van der Waals surface area contributed by atoms with Crippen molar-refractivity contribution in [3.8, 4) is 5.88 Å². The molecule has 31 heavy (non-hydrogen) atoms.